The van der Waals surface area contributed by atoms with Crippen LogP contribution in [-0.4, -0.2) is 117 Å². The summed E-state index contributed by atoms with van der Waals surface area (Å²) in [7, 11) is 0. The maximum atomic E-state index is 13.3. The summed E-state index contributed by atoms with van der Waals surface area (Å²) >= 11 is 0. The van der Waals surface area contributed by atoms with E-state index in [1.807, 2.05) is 20.8 Å². The molecule has 2 heterocycles. The SMILES string of the molecule is CC1C(=O)CC2C13CCC(C)(C(=O)C3)C2(C)COC1OC(COC2OC(CO)C(O)C2O)C(O)C(O)C1O. The summed E-state index contributed by atoms with van der Waals surface area (Å²) in [6, 6.07) is 0. The van der Waals surface area contributed by atoms with Gasteiger partial charge in [-0.2, -0.15) is 0 Å². The van der Waals surface area contributed by atoms with E-state index in [-0.39, 0.29) is 36.6 Å². The van der Waals surface area contributed by atoms with E-state index in [1.54, 1.807) is 0 Å². The predicted molar refractivity (Wildman–Crippen MR) is 126 cm³/mol. The molecule has 0 aromatic rings. The number of carbonyl (C=O) groups is 2. The number of Topliss-reactive ketones (excluding diaryl/α,β-unsaturated/α-hetero) is 2. The van der Waals surface area contributed by atoms with E-state index in [0.29, 0.717) is 19.3 Å². The highest BCUT2D eigenvalue weighted by Crippen LogP contribution is 2.72. The van der Waals surface area contributed by atoms with E-state index < -0.39 is 78.2 Å². The number of fused-ring (bicyclic) bond motifs is 2. The summed E-state index contributed by atoms with van der Waals surface area (Å²) in [5.74, 6) is -0.0308. The first kappa shape index (κ1) is 28.5. The van der Waals surface area contributed by atoms with Crippen LogP contribution >= 0.6 is 0 Å². The summed E-state index contributed by atoms with van der Waals surface area (Å²) in [5, 5.41) is 60.8. The van der Waals surface area contributed by atoms with Gasteiger partial charge in [0.05, 0.1) is 19.8 Å². The van der Waals surface area contributed by atoms with Crippen molar-refractivity contribution in [2.45, 2.75) is 102 Å². The molecular weight excluding hydrogens is 504 g/mol. The van der Waals surface area contributed by atoms with Crippen LogP contribution in [0.25, 0.3) is 0 Å². The van der Waals surface area contributed by atoms with Gasteiger partial charge in [0.1, 0.15) is 54.3 Å². The molecular formula is C26H40O12. The lowest BCUT2D eigenvalue weighted by Crippen LogP contribution is -2.66. The van der Waals surface area contributed by atoms with Gasteiger partial charge in [-0.3, -0.25) is 9.59 Å². The number of ketones is 2. The van der Waals surface area contributed by atoms with Crippen LogP contribution in [0.15, 0.2) is 0 Å². The smallest absolute Gasteiger partial charge is 0.186 e. The van der Waals surface area contributed by atoms with Crippen LogP contribution in [0.4, 0.5) is 0 Å². The van der Waals surface area contributed by atoms with Gasteiger partial charge in [0.2, 0.25) is 0 Å². The van der Waals surface area contributed by atoms with Gasteiger partial charge < -0.3 is 49.6 Å². The van der Waals surface area contributed by atoms with E-state index in [2.05, 4.69) is 0 Å². The number of hydrogen-bond acceptors (Lipinski definition) is 12. The third-order valence-corrected chi connectivity index (χ3v) is 10.8. The van der Waals surface area contributed by atoms with Crippen molar-refractivity contribution in [2.24, 2.45) is 28.1 Å². The average molecular weight is 545 g/mol. The Morgan fingerprint density at radius 2 is 1.47 bits per heavy atom. The topological polar surface area (TPSA) is 192 Å². The fraction of sp³-hybridized carbons (Fsp3) is 0.923. The van der Waals surface area contributed by atoms with Crippen molar-refractivity contribution >= 4 is 11.6 Å². The highest BCUT2D eigenvalue weighted by molar-refractivity contribution is 5.93. The minimum absolute atomic E-state index is 0.00536. The first-order valence-corrected chi connectivity index (χ1v) is 13.4. The summed E-state index contributed by atoms with van der Waals surface area (Å²) in [6.45, 7) is 4.86. The number of aliphatic hydroxyl groups excluding tert-OH is 6. The average Bonchev–Trinajstić information content (AvgIpc) is 3.31. The van der Waals surface area contributed by atoms with Crippen LogP contribution in [-0.2, 0) is 28.5 Å². The minimum atomic E-state index is -1.64. The minimum Gasteiger partial charge on any atom is -0.394 e. The van der Waals surface area contributed by atoms with Gasteiger partial charge in [-0.1, -0.05) is 20.8 Å². The number of carbonyl (C=O) groups excluding carboxylic acids is 2. The van der Waals surface area contributed by atoms with Crippen molar-refractivity contribution in [3.63, 3.8) is 0 Å². The highest BCUT2D eigenvalue weighted by Gasteiger charge is 2.72. The van der Waals surface area contributed by atoms with Crippen LogP contribution in [0.5, 0.6) is 0 Å². The fourth-order valence-corrected chi connectivity index (χ4v) is 7.82. The molecule has 1 spiro atoms. The summed E-state index contributed by atoms with van der Waals surface area (Å²) in [6.07, 6.45) is -10.3. The second-order valence-corrected chi connectivity index (χ2v) is 12.4. The fourth-order valence-electron chi connectivity index (χ4n) is 7.82. The van der Waals surface area contributed by atoms with E-state index in [4.69, 9.17) is 18.9 Å². The molecule has 0 radical (unpaired) electrons. The van der Waals surface area contributed by atoms with Gasteiger partial charge in [-0.25, -0.2) is 0 Å². The Morgan fingerprint density at radius 1 is 0.868 bits per heavy atom. The van der Waals surface area contributed by atoms with E-state index in [0.717, 1.165) is 6.42 Å². The Labute approximate surface area is 220 Å². The lowest BCUT2D eigenvalue weighted by Gasteiger charge is -2.64. The molecule has 4 aliphatic carbocycles. The second kappa shape index (κ2) is 9.79. The Morgan fingerprint density at radius 3 is 2.11 bits per heavy atom. The molecule has 2 saturated heterocycles. The lowest BCUT2D eigenvalue weighted by molar-refractivity contribution is -0.321. The molecule has 12 heteroatoms. The zero-order valence-electron chi connectivity index (χ0n) is 21.9. The van der Waals surface area contributed by atoms with Crippen LogP contribution in [0, 0.1) is 28.1 Å². The normalized spacial score (nSPS) is 54.5. The van der Waals surface area contributed by atoms with E-state index in [9.17, 15) is 40.2 Å². The van der Waals surface area contributed by atoms with Crippen molar-refractivity contribution in [1.29, 1.82) is 0 Å². The number of aliphatic hydroxyl groups is 6. The number of ether oxygens (including phenoxy) is 4. The number of hydrogen-bond donors (Lipinski definition) is 6. The van der Waals surface area contributed by atoms with E-state index in [1.165, 1.54) is 0 Å². The van der Waals surface area contributed by atoms with Crippen molar-refractivity contribution in [3.8, 4) is 0 Å². The van der Waals surface area contributed by atoms with Crippen molar-refractivity contribution in [1.82, 2.24) is 0 Å². The van der Waals surface area contributed by atoms with Gasteiger partial charge in [0.25, 0.3) is 0 Å². The molecule has 0 aromatic heterocycles. The molecule has 0 amide bonds. The summed E-state index contributed by atoms with van der Waals surface area (Å²) < 4.78 is 22.6. The van der Waals surface area contributed by atoms with Gasteiger partial charge in [0, 0.05) is 29.6 Å². The third kappa shape index (κ3) is 3.95. The molecule has 216 valence electrons. The second-order valence-electron chi connectivity index (χ2n) is 12.4. The predicted octanol–water partition coefficient (Wildman–Crippen LogP) is -1.74. The molecule has 2 aliphatic heterocycles. The van der Waals surface area contributed by atoms with Crippen molar-refractivity contribution in [2.75, 3.05) is 19.8 Å². The Bertz CT molecular complexity index is 945. The van der Waals surface area contributed by atoms with Crippen LogP contribution in [0.2, 0.25) is 0 Å². The molecule has 38 heavy (non-hydrogen) atoms. The lowest BCUT2D eigenvalue weighted by atomic mass is 9.38. The molecule has 6 aliphatic rings. The molecule has 2 bridgehead atoms. The van der Waals surface area contributed by atoms with Crippen LogP contribution < -0.4 is 0 Å². The molecule has 14 atom stereocenters. The maximum Gasteiger partial charge on any atom is 0.186 e. The first-order valence-electron chi connectivity index (χ1n) is 13.4. The zero-order valence-corrected chi connectivity index (χ0v) is 21.9. The van der Waals surface area contributed by atoms with Gasteiger partial charge >= 0.3 is 0 Å². The van der Waals surface area contributed by atoms with Gasteiger partial charge in [0.15, 0.2) is 12.6 Å². The first-order chi connectivity index (χ1) is 17.8. The number of rotatable bonds is 7. The standard InChI is InChI=1S/C26H40O12/c1-11-12(28)6-15-25(3,24(2)4-5-26(11,15)7-16(24)29)10-36-23-21(34)19(32)18(31)14(38-23)9-35-22-20(33)17(30)13(8-27)37-22/h11,13-15,17-23,27,30-34H,4-10H2,1-3H3. The quantitative estimate of drug-likeness (QED) is 0.212. The zero-order chi connectivity index (χ0) is 27.8. The summed E-state index contributed by atoms with van der Waals surface area (Å²) in [5.41, 5.74) is -1.83. The molecule has 6 fully saturated rings. The molecule has 14 unspecified atom stereocenters. The molecule has 0 aromatic carbocycles. The largest absolute Gasteiger partial charge is 0.394 e. The molecule has 12 nitrogen and oxygen atoms in total. The summed E-state index contributed by atoms with van der Waals surface area (Å²) in [4.78, 5) is 26.2. The Kier molecular flexibility index (Phi) is 7.34. The monoisotopic (exact) mass is 544 g/mol. The van der Waals surface area contributed by atoms with Gasteiger partial charge in [-0.15, -0.1) is 0 Å². The van der Waals surface area contributed by atoms with Crippen LogP contribution in [0.3, 0.4) is 0 Å². The molecule has 6 rings (SSSR count). The van der Waals surface area contributed by atoms with E-state index >= 15 is 0 Å². The maximum absolute atomic E-state index is 13.3. The van der Waals surface area contributed by atoms with Crippen LogP contribution in [0.1, 0.15) is 46.5 Å². The van der Waals surface area contributed by atoms with Gasteiger partial charge in [-0.05, 0) is 24.2 Å². The molecule has 4 saturated carbocycles. The van der Waals surface area contributed by atoms with Crippen molar-refractivity contribution in [3.05, 3.63) is 0 Å². The Hall–Kier alpha value is -1.06. The molecule has 6 N–H and O–H groups in total. The Balaban J connectivity index is 1.29. The highest BCUT2D eigenvalue weighted by atomic mass is 16.7. The third-order valence-electron chi connectivity index (χ3n) is 10.8. The van der Waals surface area contributed by atoms with Crippen molar-refractivity contribution < 1.29 is 59.2 Å².